The van der Waals surface area contributed by atoms with Crippen molar-refractivity contribution in [2.75, 3.05) is 0 Å². The van der Waals surface area contributed by atoms with Crippen LogP contribution in [0.15, 0.2) is 63.8 Å². The molecule has 0 saturated heterocycles. The molecule has 1 N–H and O–H groups in total. The summed E-state index contributed by atoms with van der Waals surface area (Å²) in [5, 5.41) is 12.2. The summed E-state index contributed by atoms with van der Waals surface area (Å²) in [5.74, 6) is 1.49. The average molecular weight is 496 g/mol. The van der Waals surface area contributed by atoms with Crippen LogP contribution in [-0.4, -0.2) is 25.5 Å². The van der Waals surface area contributed by atoms with E-state index in [9.17, 15) is 9.59 Å². The van der Waals surface area contributed by atoms with Gasteiger partial charge in [0.05, 0.1) is 17.0 Å². The molecule has 5 rings (SSSR count). The molecule has 2 aromatic carbocycles. The number of carbonyl (C=O) groups excluding carboxylic acids is 1. The summed E-state index contributed by atoms with van der Waals surface area (Å²) < 4.78 is 8.14. The van der Waals surface area contributed by atoms with Crippen LogP contribution in [0.4, 0.5) is 0 Å². The largest absolute Gasteiger partial charge is 0.455 e. The number of amides is 1. The Morgan fingerprint density at radius 3 is 2.51 bits per heavy atom. The highest BCUT2D eigenvalue weighted by molar-refractivity contribution is 6.05. The minimum atomic E-state index is -0.424. The number of aromatic nitrogens is 4. The molecular weight excluding hydrogens is 466 g/mol. The minimum Gasteiger partial charge on any atom is -0.455 e. The van der Waals surface area contributed by atoms with Gasteiger partial charge in [-0.1, -0.05) is 50.2 Å². The number of nitrogens with one attached hydrogen (secondary N) is 1. The zero-order chi connectivity index (χ0) is 26.3. The first kappa shape index (κ1) is 24.4. The zero-order valence-electron chi connectivity index (χ0n) is 21.6. The summed E-state index contributed by atoms with van der Waals surface area (Å²) in [6, 6.07) is 16.0. The van der Waals surface area contributed by atoms with Crippen LogP contribution in [0.5, 0.6) is 0 Å². The highest BCUT2D eigenvalue weighted by Gasteiger charge is 2.25. The zero-order valence-corrected chi connectivity index (χ0v) is 21.6. The first-order valence-corrected chi connectivity index (χ1v) is 12.4. The molecule has 5 aromatic rings. The van der Waals surface area contributed by atoms with Gasteiger partial charge in [-0.2, -0.15) is 0 Å². The van der Waals surface area contributed by atoms with Crippen LogP contribution >= 0.6 is 0 Å². The van der Waals surface area contributed by atoms with Crippen LogP contribution in [0.2, 0.25) is 0 Å². The molecule has 0 radical (unpaired) electrons. The van der Waals surface area contributed by atoms with Crippen LogP contribution in [0.25, 0.3) is 28.1 Å². The third-order valence-electron chi connectivity index (χ3n) is 6.47. The number of aryl methyl sites for hydroxylation is 2. The molecule has 8 nitrogen and oxygen atoms in total. The fourth-order valence-corrected chi connectivity index (χ4v) is 4.77. The highest BCUT2D eigenvalue weighted by atomic mass is 16.3. The number of rotatable bonds is 6. The number of hydrogen-bond acceptors (Lipinski definition) is 6. The van der Waals surface area contributed by atoms with Crippen LogP contribution in [-0.2, 0) is 0 Å². The Labute approximate surface area is 214 Å². The molecule has 8 heteroatoms. The maximum atomic E-state index is 13.7. The molecule has 1 amide bonds. The lowest BCUT2D eigenvalue weighted by Crippen LogP contribution is -2.31. The van der Waals surface area contributed by atoms with E-state index in [1.54, 1.807) is 25.1 Å². The third kappa shape index (κ3) is 4.50. The van der Waals surface area contributed by atoms with E-state index in [0.29, 0.717) is 40.3 Å². The molecule has 37 heavy (non-hydrogen) atoms. The number of fused-ring (bicyclic) bond motifs is 2. The van der Waals surface area contributed by atoms with Crippen LogP contribution in [0.1, 0.15) is 59.4 Å². The van der Waals surface area contributed by atoms with E-state index in [1.165, 1.54) is 0 Å². The van der Waals surface area contributed by atoms with Crippen molar-refractivity contribution in [1.82, 2.24) is 24.9 Å². The second kappa shape index (κ2) is 9.61. The molecular formula is C29H29N5O3. The Bertz CT molecular complexity index is 1690. The molecule has 0 spiro atoms. The fraction of sp³-hybridized carbons (Fsp3) is 0.276. The molecule has 0 fully saturated rings. The van der Waals surface area contributed by atoms with E-state index in [0.717, 1.165) is 17.0 Å². The van der Waals surface area contributed by atoms with Crippen molar-refractivity contribution in [3.8, 4) is 11.3 Å². The number of para-hydroxylation sites is 1. The van der Waals surface area contributed by atoms with Crippen molar-refractivity contribution in [2.45, 2.75) is 47.1 Å². The number of benzene rings is 2. The van der Waals surface area contributed by atoms with Gasteiger partial charge in [-0.05, 0) is 51.3 Å². The van der Waals surface area contributed by atoms with Crippen molar-refractivity contribution in [2.24, 2.45) is 5.92 Å². The van der Waals surface area contributed by atoms with Crippen molar-refractivity contribution in [1.29, 1.82) is 0 Å². The van der Waals surface area contributed by atoms with Gasteiger partial charge in [-0.15, -0.1) is 10.2 Å². The Balaban J connectivity index is 1.60. The molecule has 188 valence electrons. The van der Waals surface area contributed by atoms with Gasteiger partial charge in [-0.25, -0.2) is 4.98 Å². The fourth-order valence-electron chi connectivity index (χ4n) is 4.77. The third-order valence-corrected chi connectivity index (χ3v) is 6.47. The molecule has 0 unspecified atom stereocenters. The monoisotopic (exact) mass is 495 g/mol. The summed E-state index contributed by atoms with van der Waals surface area (Å²) in [6.07, 6.45) is 0.642. The van der Waals surface area contributed by atoms with Crippen molar-refractivity contribution >= 4 is 22.7 Å². The van der Waals surface area contributed by atoms with Gasteiger partial charge >= 0.3 is 0 Å². The number of hydrogen-bond donors (Lipinski definition) is 1. The molecule has 0 bridgehead atoms. The van der Waals surface area contributed by atoms with E-state index < -0.39 is 6.04 Å². The lowest BCUT2D eigenvalue weighted by Gasteiger charge is -2.20. The minimum absolute atomic E-state index is 0.158. The molecule has 0 aliphatic rings. The predicted octanol–water partition coefficient (Wildman–Crippen LogP) is 5.34. The molecule has 3 aromatic heterocycles. The molecule has 1 atom stereocenters. The van der Waals surface area contributed by atoms with Gasteiger partial charge in [0, 0.05) is 22.5 Å². The van der Waals surface area contributed by atoms with Gasteiger partial charge in [0.25, 0.3) is 11.7 Å². The van der Waals surface area contributed by atoms with Crippen molar-refractivity contribution in [3.63, 3.8) is 0 Å². The van der Waals surface area contributed by atoms with E-state index in [-0.39, 0.29) is 22.8 Å². The van der Waals surface area contributed by atoms with E-state index in [4.69, 9.17) is 4.42 Å². The Kier molecular flexibility index (Phi) is 6.33. The summed E-state index contributed by atoms with van der Waals surface area (Å²) in [7, 11) is 0. The normalized spacial score (nSPS) is 12.4. The Morgan fingerprint density at radius 2 is 1.78 bits per heavy atom. The van der Waals surface area contributed by atoms with Crippen molar-refractivity contribution in [3.05, 3.63) is 93.2 Å². The SMILES string of the molecule is Cc1cc(C)n2c([C@H](CC(C)C)NC(=O)c3cccc4c(=O)c(C)c(-c5ccccc5)oc34)nnc2n1. The van der Waals surface area contributed by atoms with Gasteiger partial charge in [0.2, 0.25) is 0 Å². The first-order chi connectivity index (χ1) is 17.7. The smallest absolute Gasteiger partial charge is 0.255 e. The summed E-state index contributed by atoms with van der Waals surface area (Å²) in [6.45, 7) is 9.80. The number of carbonyl (C=O) groups is 1. The van der Waals surface area contributed by atoms with Gasteiger partial charge in [0.15, 0.2) is 16.8 Å². The Morgan fingerprint density at radius 1 is 1.03 bits per heavy atom. The van der Waals surface area contributed by atoms with Gasteiger partial charge in [-0.3, -0.25) is 14.0 Å². The molecule has 3 heterocycles. The second-order valence-corrected chi connectivity index (χ2v) is 9.82. The van der Waals surface area contributed by atoms with Crippen LogP contribution in [0.3, 0.4) is 0 Å². The van der Waals surface area contributed by atoms with Crippen LogP contribution in [0, 0.1) is 26.7 Å². The lowest BCUT2D eigenvalue weighted by atomic mass is 10.0. The van der Waals surface area contributed by atoms with Crippen molar-refractivity contribution < 1.29 is 9.21 Å². The summed E-state index contributed by atoms with van der Waals surface area (Å²) in [5.41, 5.74) is 3.46. The summed E-state index contributed by atoms with van der Waals surface area (Å²) in [4.78, 5) is 31.4. The average Bonchev–Trinajstić information content (AvgIpc) is 3.30. The number of nitrogens with zero attached hydrogens (tertiary/aromatic N) is 4. The quantitative estimate of drug-likeness (QED) is 0.341. The van der Waals surface area contributed by atoms with E-state index >= 15 is 0 Å². The molecule has 0 aliphatic heterocycles. The van der Waals surface area contributed by atoms with E-state index in [2.05, 4.69) is 34.3 Å². The lowest BCUT2D eigenvalue weighted by molar-refractivity contribution is 0.0930. The van der Waals surface area contributed by atoms with Crippen LogP contribution < -0.4 is 10.7 Å². The molecule has 0 aliphatic carbocycles. The van der Waals surface area contributed by atoms with Gasteiger partial charge in [0.1, 0.15) is 5.76 Å². The highest BCUT2D eigenvalue weighted by Crippen LogP contribution is 2.28. The van der Waals surface area contributed by atoms with Gasteiger partial charge < -0.3 is 9.73 Å². The first-order valence-electron chi connectivity index (χ1n) is 12.4. The summed E-state index contributed by atoms with van der Waals surface area (Å²) >= 11 is 0. The van der Waals surface area contributed by atoms with E-state index in [1.807, 2.05) is 54.6 Å². The topological polar surface area (TPSA) is 102 Å². The standard InChI is InChI=1S/C29H29N5O3/c1-16(2)14-23(27-32-33-29-30-17(3)15-18(4)34(27)29)31-28(36)22-13-9-12-21-24(35)19(5)25(37-26(21)22)20-10-7-6-8-11-20/h6-13,15-16,23H,14H2,1-5H3,(H,31,36)/t23-/m0/s1. The predicted molar refractivity (Wildman–Crippen MR) is 143 cm³/mol. The Hall–Kier alpha value is -4.33. The maximum Gasteiger partial charge on any atom is 0.255 e. The maximum absolute atomic E-state index is 13.7. The second-order valence-electron chi connectivity index (χ2n) is 9.82. The molecule has 0 saturated carbocycles.